The van der Waals surface area contributed by atoms with Crippen molar-refractivity contribution in [2.45, 2.75) is 84.2 Å². The maximum Gasteiger partial charge on any atom is 0.0775 e. The Morgan fingerprint density at radius 1 is 0.356 bits per heavy atom. The lowest BCUT2D eigenvalue weighted by Gasteiger charge is -2.34. The normalized spacial score (nSPS) is 13.4. The van der Waals surface area contributed by atoms with Gasteiger partial charge in [0.15, 0.2) is 0 Å². The van der Waals surface area contributed by atoms with Crippen LogP contribution in [0.25, 0.3) is 43.8 Å². The lowest BCUT2D eigenvalue weighted by Crippen LogP contribution is -2.37. The highest BCUT2D eigenvalue weighted by Gasteiger charge is 2.53. The van der Waals surface area contributed by atoms with Gasteiger partial charge in [0.05, 0.1) is 27.3 Å². The summed E-state index contributed by atoms with van der Waals surface area (Å²) in [5.41, 5.74) is 19.7. The summed E-state index contributed by atoms with van der Waals surface area (Å²) in [4.78, 5) is 4.99. The van der Waals surface area contributed by atoms with Crippen LogP contribution in [0.15, 0.2) is 206 Å². The molecule has 73 heavy (non-hydrogen) atoms. The molecule has 1 spiro atoms. The second-order valence-corrected chi connectivity index (χ2v) is 33.5. The second-order valence-electron chi connectivity index (χ2n) is 23.4. The third-order valence-corrected chi connectivity index (χ3v) is 20.3. The molecule has 0 aliphatic heterocycles. The number of hydrogen-bond acceptors (Lipinski definition) is 2. The van der Waals surface area contributed by atoms with Crippen molar-refractivity contribution < 1.29 is 0 Å². The third-order valence-electron chi connectivity index (χ3n) is 16.1. The van der Waals surface area contributed by atoms with E-state index in [0.29, 0.717) is 11.8 Å². The fraction of sp³-hybridized carbons (Fsp3) is 0.188. The molecule has 0 aromatic heterocycles. The van der Waals surface area contributed by atoms with Crippen LogP contribution in [0.5, 0.6) is 0 Å². The zero-order valence-corrected chi connectivity index (χ0v) is 46.2. The number of nitrogens with zero attached hydrogens (tertiary/aromatic N) is 2. The maximum absolute atomic E-state index is 2.59. The van der Waals surface area contributed by atoms with E-state index in [1.807, 2.05) is 0 Å². The standard InChI is InChI=1S/C69H66N2Si2/c1-45(2)47-23-28-50(29-24-47)70(51-32-37-55(38-33-51)72(5,6)7)54-36-42-57-49(43-54)27-41-62-67-61-20-12-11-19-60(61)66(44-65(67)69(68(57)62)63-21-15-13-17-58(63)59-18-14-16-22-64(59)69)71(52-30-25-48(26-31-52)46(3)4)53-34-39-56(40-35-53)73(8,9)10/h11-46H,1-10H3. The van der Waals surface area contributed by atoms with Crippen molar-refractivity contribution in [1.29, 1.82) is 0 Å². The van der Waals surface area contributed by atoms with Gasteiger partial charge in [0, 0.05) is 33.8 Å². The Kier molecular flexibility index (Phi) is 11.2. The van der Waals surface area contributed by atoms with E-state index in [2.05, 4.69) is 283 Å². The predicted molar refractivity (Wildman–Crippen MR) is 321 cm³/mol. The minimum Gasteiger partial charge on any atom is -0.310 e. The van der Waals surface area contributed by atoms with Crippen LogP contribution >= 0.6 is 0 Å². The van der Waals surface area contributed by atoms with E-state index in [1.54, 1.807) is 0 Å². The predicted octanol–water partition coefficient (Wildman–Crippen LogP) is 18.6. The smallest absolute Gasteiger partial charge is 0.0775 e. The summed E-state index contributed by atoms with van der Waals surface area (Å²) in [6.07, 6.45) is 0. The summed E-state index contributed by atoms with van der Waals surface area (Å²) in [5, 5.41) is 7.94. The highest BCUT2D eigenvalue weighted by Crippen LogP contribution is 2.66. The van der Waals surface area contributed by atoms with Gasteiger partial charge >= 0.3 is 0 Å². The van der Waals surface area contributed by atoms with E-state index in [1.165, 1.54) is 98.9 Å². The van der Waals surface area contributed by atoms with Crippen LogP contribution in [-0.4, -0.2) is 16.1 Å². The Balaban J connectivity index is 1.13. The summed E-state index contributed by atoms with van der Waals surface area (Å²) in [6.45, 7) is 23.7. The lowest BCUT2D eigenvalue weighted by atomic mass is 9.69. The van der Waals surface area contributed by atoms with Crippen LogP contribution in [0.2, 0.25) is 39.3 Å². The Morgan fingerprint density at radius 2 is 0.795 bits per heavy atom. The largest absolute Gasteiger partial charge is 0.310 e. The van der Waals surface area contributed by atoms with Crippen molar-refractivity contribution in [3.05, 3.63) is 240 Å². The van der Waals surface area contributed by atoms with Crippen molar-refractivity contribution in [1.82, 2.24) is 0 Å². The third kappa shape index (κ3) is 7.55. The monoisotopic (exact) mass is 978 g/mol. The average Bonchev–Trinajstić information content (AvgIpc) is 3.89. The van der Waals surface area contributed by atoms with Gasteiger partial charge in [-0.05, 0) is 150 Å². The maximum atomic E-state index is 2.59. The van der Waals surface area contributed by atoms with E-state index >= 15 is 0 Å². The van der Waals surface area contributed by atoms with Gasteiger partial charge in [-0.15, -0.1) is 0 Å². The molecule has 0 heterocycles. The molecule has 0 saturated carbocycles. The van der Waals surface area contributed by atoms with Crippen molar-refractivity contribution in [2.24, 2.45) is 0 Å². The molecule has 0 amide bonds. The fourth-order valence-electron chi connectivity index (χ4n) is 12.2. The quantitative estimate of drug-likeness (QED) is 0.126. The lowest BCUT2D eigenvalue weighted by molar-refractivity contribution is 0.802. The van der Waals surface area contributed by atoms with E-state index in [-0.39, 0.29) is 0 Å². The molecule has 2 nitrogen and oxygen atoms in total. The van der Waals surface area contributed by atoms with E-state index in [9.17, 15) is 0 Å². The van der Waals surface area contributed by atoms with Crippen LogP contribution in [0.4, 0.5) is 34.1 Å². The van der Waals surface area contributed by atoms with E-state index in [4.69, 9.17) is 0 Å². The van der Waals surface area contributed by atoms with Gasteiger partial charge in [-0.1, -0.05) is 217 Å². The van der Waals surface area contributed by atoms with Gasteiger partial charge in [-0.25, -0.2) is 0 Å². The van der Waals surface area contributed by atoms with Crippen molar-refractivity contribution in [3.8, 4) is 22.3 Å². The zero-order valence-electron chi connectivity index (χ0n) is 44.2. The molecule has 12 rings (SSSR count). The first-order chi connectivity index (χ1) is 35.1. The molecule has 10 aromatic rings. The average molecular weight is 979 g/mol. The molecule has 0 saturated heterocycles. The molecular weight excluding hydrogens is 913 g/mol. The van der Waals surface area contributed by atoms with Gasteiger partial charge in [-0.2, -0.15) is 0 Å². The van der Waals surface area contributed by atoms with Crippen LogP contribution < -0.4 is 20.2 Å². The van der Waals surface area contributed by atoms with E-state index < -0.39 is 21.6 Å². The first-order valence-electron chi connectivity index (χ1n) is 26.5. The topological polar surface area (TPSA) is 6.48 Å². The Labute approximate surface area is 435 Å². The molecule has 0 radical (unpaired) electrons. The van der Waals surface area contributed by atoms with Gasteiger partial charge in [0.1, 0.15) is 0 Å². The van der Waals surface area contributed by atoms with Gasteiger partial charge < -0.3 is 9.80 Å². The molecule has 0 unspecified atom stereocenters. The summed E-state index contributed by atoms with van der Waals surface area (Å²) in [7, 11) is -3.06. The first-order valence-corrected chi connectivity index (χ1v) is 33.5. The molecule has 0 fully saturated rings. The summed E-state index contributed by atoms with van der Waals surface area (Å²) < 4.78 is 0. The molecule has 0 atom stereocenters. The molecule has 0 bridgehead atoms. The van der Waals surface area contributed by atoms with Crippen molar-refractivity contribution in [3.63, 3.8) is 0 Å². The summed E-state index contributed by atoms with van der Waals surface area (Å²) in [6, 6.07) is 79.8. The highest BCUT2D eigenvalue weighted by molar-refractivity contribution is 6.89. The molecule has 2 aliphatic carbocycles. The number of fused-ring (bicyclic) bond motifs is 14. The molecule has 10 aromatic carbocycles. The van der Waals surface area contributed by atoms with Crippen LogP contribution in [0.1, 0.15) is 72.9 Å². The summed E-state index contributed by atoms with van der Waals surface area (Å²) >= 11 is 0. The minimum absolute atomic E-state index is 0.437. The van der Waals surface area contributed by atoms with Crippen LogP contribution in [-0.2, 0) is 5.41 Å². The fourth-order valence-corrected chi connectivity index (χ4v) is 14.6. The molecule has 0 N–H and O–H groups in total. The molecule has 2 aliphatic rings. The SMILES string of the molecule is CC(C)c1ccc(N(c2ccc([Si](C)(C)C)cc2)c2ccc3c4c(ccc3c2)-c2c(cc(N(c3ccc(C(C)C)cc3)c3ccc([Si](C)(C)C)cc3)c3ccccc23)C42c3ccccc3-c3ccccc32)cc1. The molecule has 4 heteroatoms. The first kappa shape index (κ1) is 46.8. The zero-order chi connectivity index (χ0) is 50.6. The number of rotatable bonds is 10. The highest BCUT2D eigenvalue weighted by atomic mass is 28.3. The Hall–Kier alpha value is -7.25. The second kappa shape index (κ2) is 17.5. The van der Waals surface area contributed by atoms with Gasteiger partial charge in [0.25, 0.3) is 0 Å². The number of anilines is 6. The minimum atomic E-state index is -1.55. The van der Waals surface area contributed by atoms with Crippen molar-refractivity contribution in [2.75, 3.05) is 9.80 Å². The Morgan fingerprint density at radius 3 is 1.29 bits per heavy atom. The van der Waals surface area contributed by atoms with Gasteiger partial charge in [0.2, 0.25) is 0 Å². The number of benzene rings is 10. The van der Waals surface area contributed by atoms with E-state index in [0.717, 1.165) is 22.7 Å². The van der Waals surface area contributed by atoms with Crippen molar-refractivity contribution >= 4 is 82.2 Å². The summed E-state index contributed by atoms with van der Waals surface area (Å²) in [5.74, 6) is 0.893. The van der Waals surface area contributed by atoms with Crippen LogP contribution in [0, 0.1) is 0 Å². The molecular formula is C69H66N2Si2. The Bertz CT molecular complexity index is 3700. The molecule has 360 valence electrons. The number of hydrogen-bond donors (Lipinski definition) is 0. The van der Waals surface area contributed by atoms with Crippen LogP contribution in [0.3, 0.4) is 0 Å². The van der Waals surface area contributed by atoms with Gasteiger partial charge in [-0.3, -0.25) is 0 Å².